The van der Waals surface area contributed by atoms with Gasteiger partial charge in [-0.1, -0.05) is 6.92 Å². The fraction of sp³-hybridized carbons (Fsp3) is 0.333. The van der Waals surface area contributed by atoms with Crippen molar-refractivity contribution < 1.29 is 23.1 Å². The fourth-order valence-corrected chi connectivity index (χ4v) is 1.48. The smallest absolute Gasteiger partial charge is 0.316 e. The van der Waals surface area contributed by atoms with Crippen LogP contribution < -0.4 is 0 Å². The summed E-state index contributed by atoms with van der Waals surface area (Å²) in [4.78, 5) is 23.1. The first-order valence-electron chi connectivity index (χ1n) is 5.08. The van der Waals surface area contributed by atoms with E-state index in [-0.39, 0.29) is 12.0 Å². The number of methoxy groups -OCH3 is 1. The molecule has 0 aliphatic rings. The first-order valence-corrected chi connectivity index (χ1v) is 5.08. The SMILES string of the molecule is CCC(C(=O)OC)C(=O)c1ccc(F)cc1F. The lowest BCUT2D eigenvalue weighted by atomic mass is 9.95. The van der Waals surface area contributed by atoms with Crippen molar-refractivity contribution in [3.05, 3.63) is 35.4 Å². The molecule has 1 unspecified atom stereocenters. The van der Waals surface area contributed by atoms with E-state index in [1.165, 1.54) is 0 Å². The summed E-state index contributed by atoms with van der Waals surface area (Å²) in [6, 6.07) is 2.61. The summed E-state index contributed by atoms with van der Waals surface area (Å²) in [7, 11) is 1.15. The molecule has 0 saturated heterocycles. The monoisotopic (exact) mass is 242 g/mol. The maximum absolute atomic E-state index is 13.4. The average Bonchev–Trinajstić information content (AvgIpc) is 2.29. The summed E-state index contributed by atoms with van der Waals surface area (Å²) in [5.74, 6) is -4.22. The maximum Gasteiger partial charge on any atom is 0.316 e. The quantitative estimate of drug-likeness (QED) is 0.462. The van der Waals surface area contributed by atoms with Gasteiger partial charge in [-0.3, -0.25) is 9.59 Å². The Balaban J connectivity index is 3.06. The Morgan fingerprint density at radius 1 is 1.35 bits per heavy atom. The van der Waals surface area contributed by atoms with Crippen LogP contribution in [0.4, 0.5) is 8.78 Å². The summed E-state index contributed by atoms with van der Waals surface area (Å²) in [6.45, 7) is 1.61. The lowest BCUT2D eigenvalue weighted by molar-refractivity contribution is -0.143. The van der Waals surface area contributed by atoms with Crippen LogP contribution in [0.2, 0.25) is 0 Å². The van der Waals surface area contributed by atoms with Crippen LogP contribution in [0.3, 0.4) is 0 Å². The number of ether oxygens (including phenoxy) is 1. The Labute approximate surface area is 97.4 Å². The van der Waals surface area contributed by atoms with Crippen molar-refractivity contribution in [1.82, 2.24) is 0 Å². The highest BCUT2D eigenvalue weighted by atomic mass is 19.1. The van der Waals surface area contributed by atoms with E-state index < -0.39 is 29.3 Å². The molecular weight excluding hydrogens is 230 g/mol. The highest BCUT2D eigenvalue weighted by Crippen LogP contribution is 2.17. The van der Waals surface area contributed by atoms with Crippen LogP contribution in [0.5, 0.6) is 0 Å². The Hall–Kier alpha value is -1.78. The van der Waals surface area contributed by atoms with Crippen molar-refractivity contribution in [3.63, 3.8) is 0 Å². The van der Waals surface area contributed by atoms with Gasteiger partial charge in [0.1, 0.15) is 17.6 Å². The van der Waals surface area contributed by atoms with Gasteiger partial charge in [0.25, 0.3) is 0 Å². The molecular formula is C12H12F2O3. The summed E-state index contributed by atoms with van der Waals surface area (Å²) in [5.41, 5.74) is -0.302. The van der Waals surface area contributed by atoms with Gasteiger partial charge in [0.2, 0.25) is 0 Å². The average molecular weight is 242 g/mol. The lowest BCUT2D eigenvalue weighted by Gasteiger charge is -2.11. The number of hydrogen-bond acceptors (Lipinski definition) is 3. The second kappa shape index (κ2) is 5.52. The molecule has 0 aliphatic carbocycles. The highest BCUT2D eigenvalue weighted by Gasteiger charge is 2.28. The molecule has 1 aromatic rings. The summed E-state index contributed by atoms with van der Waals surface area (Å²) in [5, 5.41) is 0. The minimum atomic E-state index is -1.06. The number of carbonyl (C=O) groups is 2. The Kier molecular flexibility index (Phi) is 4.31. The van der Waals surface area contributed by atoms with E-state index in [4.69, 9.17) is 0 Å². The van der Waals surface area contributed by atoms with Crippen LogP contribution in [0, 0.1) is 17.6 Å². The largest absolute Gasteiger partial charge is 0.468 e. The topological polar surface area (TPSA) is 43.4 Å². The summed E-state index contributed by atoms with van der Waals surface area (Å²) >= 11 is 0. The molecule has 1 atom stereocenters. The molecule has 1 aromatic carbocycles. The van der Waals surface area contributed by atoms with Crippen molar-refractivity contribution in [1.29, 1.82) is 0 Å². The van der Waals surface area contributed by atoms with E-state index in [9.17, 15) is 18.4 Å². The molecule has 92 valence electrons. The zero-order chi connectivity index (χ0) is 13.0. The number of carbonyl (C=O) groups excluding carboxylic acids is 2. The van der Waals surface area contributed by atoms with E-state index in [0.29, 0.717) is 6.07 Å². The third-order valence-electron chi connectivity index (χ3n) is 2.41. The van der Waals surface area contributed by atoms with Gasteiger partial charge in [0, 0.05) is 6.07 Å². The van der Waals surface area contributed by atoms with Crippen LogP contribution in [0.15, 0.2) is 18.2 Å². The van der Waals surface area contributed by atoms with Crippen molar-refractivity contribution in [3.8, 4) is 0 Å². The molecule has 0 amide bonds. The molecule has 0 fully saturated rings. The maximum atomic E-state index is 13.4. The van der Waals surface area contributed by atoms with Gasteiger partial charge in [-0.2, -0.15) is 0 Å². The van der Waals surface area contributed by atoms with Gasteiger partial charge >= 0.3 is 5.97 Å². The lowest BCUT2D eigenvalue weighted by Crippen LogP contribution is -2.25. The molecule has 0 spiro atoms. The van der Waals surface area contributed by atoms with Crippen LogP contribution in [-0.4, -0.2) is 18.9 Å². The van der Waals surface area contributed by atoms with Crippen LogP contribution >= 0.6 is 0 Å². The number of Topliss-reactive ketones (excluding diaryl/α,β-unsaturated/α-hetero) is 1. The normalized spacial score (nSPS) is 12.0. The van der Waals surface area contributed by atoms with E-state index in [1.54, 1.807) is 6.92 Å². The Morgan fingerprint density at radius 2 is 2.00 bits per heavy atom. The van der Waals surface area contributed by atoms with E-state index >= 15 is 0 Å². The van der Waals surface area contributed by atoms with E-state index in [1.807, 2.05) is 0 Å². The van der Waals surface area contributed by atoms with Crippen molar-refractivity contribution in [2.24, 2.45) is 5.92 Å². The van der Waals surface area contributed by atoms with Gasteiger partial charge in [-0.05, 0) is 18.6 Å². The third-order valence-corrected chi connectivity index (χ3v) is 2.41. The van der Waals surface area contributed by atoms with Gasteiger partial charge in [-0.15, -0.1) is 0 Å². The molecule has 0 radical (unpaired) electrons. The molecule has 1 rings (SSSR count). The number of benzene rings is 1. The molecule has 5 heteroatoms. The van der Waals surface area contributed by atoms with E-state index in [0.717, 1.165) is 19.2 Å². The minimum absolute atomic E-state index is 0.197. The number of ketones is 1. The van der Waals surface area contributed by atoms with Gasteiger partial charge in [-0.25, -0.2) is 8.78 Å². The number of rotatable bonds is 4. The predicted octanol–water partition coefficient (Wildman–Crippen LogP) is 2.35. The molecule has 0 bridgehead atoms. The van der Waals surface area contributed by atoms with Gasteiger partial charge in [0.05, 0.1) is 12.7 Å². The number of esters is 1. The van der Waals surface area contributed by atoms with E-state index in [2.05, 4.69) is 4.74 Å². The fourth-order valence-electron chi connectivity index (χ4n) is 1.48. The summed E-state index contributed by atoms with van der Waals surface area (Å²) in [6.07, 6.45) is 0.197. The second-order valence-electron chi connectivity index (χ2n) is 3.47. The highest BCUT2D eigenvalue weighted by molar-refractivity contribution is 6.08. The van der Waals surface area contributed by atoms with Crippen LogP contribution in [0.1, 0.15) is 23.7 Å². The third kappa shape index (κ3) is 2.87. The zero-order valence-electron chi connectivity index (χ0n) is 9.50. The van der Waals surface area contributed by atoms with Gasteiger partial charge < -0.3 is 4.74 Å². The zero-order valence-corrected chi connectivity index (χ0v) is 9.50. The van der Waals surface area contributed by atoms with Crippen molar-refractivity contribution in [2.75, 3.05) is 7.11 Å². The van der Waals surface area contributed by atoms with Crippen molar-refractivity contribution >= 4 is 11.8 Å². The minimum Gasteiger partial charge on any atom is -0.468 e. The molecule has 3 nitrogen and oxygen atoms in total. The Bertz CT molecular complexity index is 443. The molecule has 0 heterocycles. The first kappa shape index (κ1) is 13.3. The number of hydrogen-bond donors (Lipinski definition) is 0. The molecule has 0 aliphatic heterocycles. The van der Waals surface area contributed by atoms with Crippen LogP contribution in [-0.2, 0) is 9.53 Å². The molecule has 0 aromatic heterocycles. The first-order chi connectivity index (χ1) is 8.01. The second-order valence-corrected chi connectivity index (χ2v) is 3.47. The standard InChI is InChI=1S/C12H12F2O3/c1-3-8(12(16)17-2)11(15)9-5-4-7(13)6-10(9)14/h4-6,8H,3H2,1-2H3. The Morgan fingerprint density at radius 3 is 2.47 bits per heavy atom. The predicted molar refractivity (Wildman–Crippen MR) is 56.5 cm³/mol. The molecule has 0 N–H and O–H groups in total. The summed E-state index contributed by atoms with van der Waals surface area (Å²) < 4.78 is 30.5. The molecule has 17 heavy (non-hydrogen) atoms. The van der Waals surface area contributed by atoms with Crippen molar-refractivity contribution in [2.45, 2.75) is 13.3 Å². The number of halogens is 2. The van der Waals surface area contributed by atoms with Gasteiger partial charge in [0.15, 0.2) is 5.78 Å². The molecule has 0 saturated carbocycles. The van der Waals surface area contributed by atoms with Crippen LogP contribution in [0.25, 0.3) is 0 Å².